The van der Waals surface area contributed by atoms with E-state index in [1.165, 1.54) is 29.2 Å². The molecular weight excluding hydrogens is 286 g/mol. The average molecular weight is 303 g/mol. The summed E-state index contributed by atoms with van der Waals surface area (Å²) in [4.78, 5) is 26.6. The first kappa shape index (κ1) is 15.6. The molecule has 0 aliphatic heterocycles. The van der Waals surface area contributed by atoms with Crippen LogP contribution in [0.15, 0.2) is 36.9 Å². The SMILES string of the molecule is NCCCCNC(=O)c1ccc(-n2ccnc2)c([N+](=O)[O-])c1. The van der Waals surface area contributed by atoms with Crippen molar-refractivity contribution >= 4 is 11.6 Å². The number of hydrogen-bond donors (Lipinski definition) is 2. The minimum Gasteiger partial charge on any atom is -0.352 e. The summed E-state index contributed by atoms with van der Waals surface area (Å²) >= 11 is 0. The monoisotopic (exact) mass is 303 g/mol. The van der Waals surface area contributed by atoms with Crippen LogP contribution in [0.5, 0.6) is 0 Å². The van der Waals surface area contributed by atoms with E-state index in [4.69, 9.17) is 5.73 Å². The van der Waals surface area contributed by atoms with Gasteiger partial charge in [0.05, 0.1) is 11.3 Å². The lowest BCUT2D eigenvalue weighted by Gasteiger charge is -2.07. The van der Waals surface area contributed by atoms with Crippen molar-refractivity contribution < 1.29 is 9.72 Å². The highest BCUT2D eigenvalue weighted by Gasteiger charge is 2.18. The first-order valence-electron chi connectivity index (χ1n) is 6.88. The normalized spacial score (nSPS) is 10.4. The molecule has 116 valence electrons. The van der Waals surface area contributed by atoms with E-state index in [0.29, 0.717) is 18.8 Å². The molecule has 0 radical (unpaired) electrons. The Morgan fingerprint density at radius 1 is 1.41 bits per heavy atom. The number of nitro benzene ring substituents is 1. The van der Waals surface area contributed by atoms with E-state index < -0.39 is 4.92 Å². The molecule has 0 unspecified atom stereocenters. The molecular formula is C14H17N5O3. The number of carbonyl (C=O) groups excluding carboxylic acids is 1. The van der Waals surface area contributed by atoms with E-state index in [2.05, 4.69) is 10.3 Å². The Bertz CT molecular complexity index is 655. The molecule has 2 rings (SSSR count). The number of carbonyl (C=O) groups is 1. The maximum absolute atomic E-state index is 12.0. The standard InChI is InChI=1S/C14H17N5O3/c15-5-1-2-6-17-14(20)11-3-4-12(13(9-11)19(21)22)18-8-7-16-10-18/h3-4,7-10H,1-2,5-6,15H2,(H,17,20). The molecule has 0 spiro atoms. The second-order valence-corrected chi connectivity index (χ2v) is 4.68. The van der Waals surface area contributed by atoms with Gasteiger partial charge in [0.2, 0.25) is 0 Å². The number of imidazole rings is 1. The summed E-state index contributed by atoms with van der Waals surface area (Å²) in [6.07, 6.45) is 6.20. The summed E-state index contributed by atoms with van der Waals surface area (Å²) in [5.41, 5.74) is 5.85. The predicted octanol–water partition coefficient (Wildman–Crippen LogP) is 1.25. The van der Waals surface area contributed by atoms with Crippen molar-refractivity contribution in [3.05, 3.63) is 52.6 Å². The summed E-state index contributed by atoms with van der Waals surface area (Å²) in [5.74, 6) is -0.336. The zero-order valence-corrected chi connectivity index (χ0v) is 11.9. The molecule has 0 fully saturated rings. The number of hydrogen-bond acceptors (Lipinski definition) is 5. The Hall–Kier alpha value is -2.74. The van der Waals surface area contributed by atoms with Crippen LogP contribution in [0.25, 0.3) is 5.69 Å². The zero-order chi connectivity index (χ0) is 15.9. The Labute approximate surface area is 127 Å². The van der Waals surface area contributed by atoms with Crippen LogP contribution in [0.3, 0.4) is 0 Å². The maximum atomic E-state index is 12.0. The third-order valence-corrected chi connectivity index (χ3v) is 3.13. The van der Waals surface area contributed by atoms with Crippen LogP contribution >= 0.6 is 0 Å². The van der Waals surface area contributed by atoms with Gasteiger partial charge in [-0.2, -0.15) is 0 Å². The molecule has 0 aliphatic rings. The molecule has 0 bridgehead atoms. The second kappa shape index (κ2) is 7.32. The van der Waals surface area contributed by atoms with Crippen molar-refractivity contribution in [3.8, 4) is 5.69 Å². The van der Waals surface area contributed by atoms with Crippen LogP contribution in [0, 0.1) is 10.1 Å². The average Bonchev–Trinajstić information content (AvgIpc) is 3.05. The molecule has 22 heavy (non-hydrogen) atoms. The van der Waals surface area contributed by atoms with Crippen molar-refractivity contribution in [2.75, 3.05) is 13.1 Å². The third-order valence-electron chi connectivity index (χ3n) is 3.13. The molecule has 1 amide bonds. The highest BCUT2D eigenvalue weighted by Crippen LogP contribution is 2.24. The number of benzene rings is 1. The van der Waals surface area contributed by atoms with E-state index in [9.17, 15) is 14.9 Å². The molecule has 8 heteroatoms. The van der Waals surface area contributed by atoms with Crippen LogP contribution in [0.1, 0.15) is 23.2 Å². The number of nitrogens with zero attached hydrogens (tertiary/aromatic N) is 3. The molecule has 0 saturated heterocycles. The van der Waals surface area contributed by atoms with Gasteiger partial charge in [0.15, 0.2) is 0 Å². The molecule has 0 aliphatic carbocycles. The Kier molecular flexibility index (Phi) is 5.21. The Balaban J connectivity index is 2.19. The lowest BCUT2D eigenvalue weighted by molar-refractivity contribution is -0.384. The number of nitrogens with two attached hydrogens (primary N) is 1. The van der Waals surface area contributed by atoms with Gasteiger partial charge in [0.1, 0.15) is 5.69 Å². The van der Waals surface area contributed by atoms with E-state index in [-0.39, 0.29) is 17.2 Å². The molecule has 2 aromatic rings. The van der Waals surface area contributed by atoms with E-state index >= 15 is 0 Å². The van der Waals surface area contributed by atoms with Crippen molar-refractivity contribution in [2.24, 2.45) is 5.73 Å². The molecule has 0 atom stereocenters. The highest BCUT2D eigenvalue weighted by atomic mass is 16.6. The molecule has 1 aromatic carbocycles. The van der Waals surface area contributed by atoms with Gasteiger partial charge in [0.25, 0.3) is 11.6 Å². The van der Waals surface area contributed by atoms with Crippen LogP contribution < -0.4 is 11.1 Å². The molecule has 1 heterocycles. The zero-order valence-electron chi connectivity index (χ0n) is 11.9. The topological polar surface area (TPSA) is 116 Å². The number of unbranched alkanes of at least 4 members (excludes halogenated alkanes) is 1. The van der Waals surface area contributed by atoms with Crippen LogP contribution in [0.2, 0.25) is 0 Å². The van der Waals surface area contributed by atoms with Gasteiger partial charge < -0.3 is 15.6 Å². The van der Waals surface area contributed by atoms with Crippen molar-refractivity contribution in [2.45, 2.75) is 12.8 Å². The largest absolute Gasteiger partial charge is 0.352 e. The fraction of sp³-hybridized carbons (Fsp3) is 0.286. The minimum atomic E-state index is -0.513. The van der Waals surface area contributed by atoms with Gasteiger partial charge in [-0.25, -0.2) is 4.98 Å². The number of nitrogens with one attached hydrogen (secondary N) is 1. The van der Waals surface area contributed by atoms with E-state index in [0.717, 1.165) is 12.8 Å². The lowest BCUT2D eigenvalue weighted by Crippen LogP contribution is -2.25. The molecule has 3 N–H and O–H groups in total. The number of aromatic nitrogens is 2. The Morgan fingerprint density at radius 2 is 2.23 bits per heavy atom. The molecule has 8 nitrogen and oxygen atoms in total. The van der Waals surface area contributed by atoms with Gasteiger partial charge in [-0.1, -0.05) is 0 Å². The Morgan fingerprint density at radius 3 is 2.86 bits per heavy atom. The van der Waals surface area contributed by atoms with Crippen LogP contribution in [0.4, 0.5) is 5.69 Å². The summed E-state index contributed by atoms with van der Waals surface area (Å²) in [6, 6.07) is 4.36. The molecule has 1 aromatic heterocycles. The number of nitro groups is 1. The van der Waals surface area contributed by atoms with Crippen molar-refractivity contribution in [3.63, 3.8) is 0 Å². The minimum absolute atomic E-state index is 0.146. The number of amides is 1. The molecule has 0 saturated carbocycles. The first-order chi connectivity index (χ1) is 10.6. The fourth-order valence-electron chi connectivity index (χ4n) is 2.00. The quantitative estimate of drug-likeness (QED) is 0.453. The van der Waals surface area contributed by atoms with Gasteiger partial charge in [-0.15, -0.1) is 0 Å². The van der Waals surface area contributed by atoms with Gasteiger partial charge >= 0.3 is 0 Å². The third kappa shape index (κ3) is 3.67. The maximum Gasteiger partial charge on any atom is 0.294 e. The summed E-state index contributed by atoms with van der Waals surface area (Å²) in [7, 11) is 0. The van der Waals surface area contributed by atoms with Gasteiger partial charge in [0, 0.05) is 30.6 Å². The van der Waals surface area contributed by atoms with E-state index in [1.54, 1.807) is 12.3 Å². The second-order valence-electron chi connectivity index (χ2n) is 4.68. The van der Waals surface area contributed by atoms with E-state index in [1.807, 2.05) is 0 Å². The smallest absolute Gasteiger partial charge is 0.294 e. The highest BCUT2D eigenvalue weighted by molar-refractivity contribution is 5.95. The summed E-state index contributed by atoms with van der Waals surface area (Å²) in [6.45, 7) is 1.06. The van der Waals surface area contributed by atoms with Gasteiger partial charge in [-0.3, -0.25) is 14.9 Å². The fourth-order valence-corrected chi connectivity index (χ4v) is 2.00. The van der Waals surface area contributed by atoms with Crippen molar-refractivity contribution in [1.29, 1.82) is 0 Å². The summed E-state index contributed by atoms with van der Waals surface area (Å²) < 4.78 is 1.53. The van der Waals surface area contributed by atoms with Crippen LogP contribution in [-0.2, 0) is 0 Å². The first-order valence-corrected chi connectivity index (χ1v) is 6.88. The lowest BCUT2D eigenvalue weighted by atomic mass is 10.1. The summed E-state index contributed by atoms with van der Waals surface area (Å²) in [5, 5.41) is 13.9. The van der Waals surface area contributed by atoms with Crippen LogP contribution in [-0.4, -0.2) is 33.5 Å². The van der Waals surface area contributed by atoms with Gasteiger partial charge in [-0.05, 0) is 31.5 Å². The number of rotatable bonds is 7. The predicted molar refractivity (Wildman–Crippen MR) is 80.8 cm³/mol. The van der Waals surface area contributed by atoms with Crippen molar-refractivity contribution in [1.82, 2.24) is 14.9 Å².